The average Bonchev–Trinajstić information content (AvgIpc) is 2.83. The highest BCUT2D eigenvalue weighted by Crippen LogP contribution is 2.22. The molecule has 1 amide bonds. The molecule has 34 heavy (non-hydrogen) atoms. The highest BCUT2D eigenvalue weighted by Gasteiger charge is 2.20. The number of carbonyl (C=O) groups excluding carboxylic acids is 2. The van der Waals surface area contributed by atoms with Gasteiger partial charge in [0.2, 0.25) is 0 Å². The third-order valence-electron chi connectivity index (χ3n) is 6.13. The molecule has 0 radical (unpaired) electrons. The van der Waals surface area contributed by atoms with E-state index >= 15 is 0 Å². The summed E-state index contributed by atoms with van der Waals surface area (Å²) in [6.07, 6.45) is 8.23. The van der Waals surface area contributed by atoms with Crippen LogP contribution in [0, 0.1) is 0 Å². The van der Waals surface area contributed by atoms with E-state index in [9.17, 15) is 14.4 Å². The van der Waals surface area contributed by atoms with Crippen LogP contribution >= 0.6 is 0 Å². The van der Waals surface area contributed by atoms with Crippen LogP contribution in [0.15, 0.2) is 63.8 Å². The minimum Gasteiger partial charge on any atom is -0.423 e. The maximum atomic E-state index is 12.6. The molecule has 1 N–H and O–H groups in total. The maximum Gasteiger partial charge on any atom is 0.349 e. The van der Waals surface area contributed by atoms with Crippen LogP contribution in [0.3, 0.4) is 0 Å². The molecule has 1 heterocycles. The lowest BCUT2D eigenvalue weighted by atomic mass is 9.95. The smallest absolute Gasteiger partial charge is 0.349 e. The second kappa shape index (κ2) is 10.5. The quantitative estimate of drug-likeness (QED) is 0.225. The standard InChI is InChI=1S/C28H29NO5/c1-18(2)20-11-8-19(9-12-20)10-15-26(30)33-23-14-13-21-16-24(28(32)34-25(21)17-23)27(31)29-22-6-4-3-5-7-22/h8-18,22H,3-7H2,1-2H3,(H,29,31)/b15-10+. The largest absolute Gasteiger partial charge is 0.423 e. The first-order chi connectivity index (χ1) is 16.4. The molecule has 1 aliphatic carbocycles. The van der Waals surface area contributed by atoms with Gasteiger partial charge in [-0.15, -0.1) is 0 Å². The second-order valence-electron chi connectivity index (χ2n) is 9.03. The van der Waals surface area contributed by atoms with Crippen LogP contribution in [-0.4, -0.2) is 17.9 Å². The second-order valence-corrected chi connectivity index (χ2v) is 9.03. The number of rotatable bonds is 6. The summed E-state index contributed by atoms with van der Waals surface area (Å²) in [6.45, 7) is 4.25. The molecule has 1 saturated carbocycles. The number of hydrogen-bond donors (Lipinski definition) is 1. The number of amides is 1. The molecule has 2 aromatic carbocycles. The highest BCUT2D eigenvalue weighted by molar-refractivity contribution is 5.97. The van der Waals surface area contributed by atoms with Crippen LogP contribution in [0.1, 0.15) is 73.4 Å². The average molecular weight is 460 g/mol. The van der Waals surface area contributed by atoms with E-state index in [4.69, 9.17) is 9.15 Å². The zero-order valence-corrected chi connectivity index (χ0v) is 19.5. The fourth-order valence-electron chi connectivity index (χ4n) is 4.13. The summed E-state index contributed by atoms with van der Waals surface area (Å²) in [7, 11) is 0. The third-order valence-corrected chi connectivity index (χ3v) is 6.13. The van der Waals surface area contributed by atoms with Gasteiger partial charge in [-0.1, -0.05) is 57.4 Å². The van der Waals surface area contributed by atoms with Crippen molar-refractivity contribution in [2.45, 2.75) is 57.9 Å². The summed E-state index contributed by atoms with van der Waals surface area (Å²) in [5.41, 5.74) is 1.64. The van der Waals surface area contributed by atoms with Crippen LogP contribution < -0.4 is 15.7 Å². The molecule has 3 aromatic rings. The Morgan fingerprint density at radius 3 is 2.47 bits per heavy atom. The lowest BCUT2D eigenvalue weighted by Crippen LogP contribution is -2.38. The van der Waals surface area contributed by atoms with Crippen molar-refractivity contribution in [2.75, 3.05) is 0 Å². The summed E-state index contributed by atoms with van der Waals surface area (Å²) >= 11 is 0. The van der Waals surface area contributed by atoms with Gasteiger partial charge in [-0.05, 0) is 54.2 Å². The maximum absolute atomic E-state index is 12.6. The summed E-state index contributed by atoms with van der Waals surface area (Å²) in [4.78, 5) is 37.3. The summed E-state index contributed by atoms with van der Waals surface area (Å²) in [5, 5.41) is 3.52. The molecule has 1 aromatic heterocycles. The Labute approximate surface area is 198 Å². The van der Waals surface area contributed by atoms with E-state index in [0.29, 0.717) is 11.3 Å². The Balaban J connectivity index is 1.43. The van der Waals surface area contributed by atoms with Gasteiger partial charge in [0.15, 0.2) is 0 Å². The van der Waals surface area contributed by atoms with Crippen molar-refractivity contribution >= 4 is 28.9 Å². The van der Waals surface area contributed by atoms with Gasteiger partial charge >= 0.3 is 11.6 Å². The lowest BCUT2D eigenvalue weighted by molar-refractivity contribution is -0.128. The van der Waals surface area contributed by atoms with E-state index in [0.717, 1.165) is 31.2 Å². The first kappa shape index (κ1) is 23.5. The zero-order chi connectivity index (χ0) is 24.1. The molecule has 6 heteroatoms. The monoisotopic (exact) mass is 459 g/mol. The van der Waals surface area contributed by atoms with Crippen LogP contribution in [-0.2, 0) is 4.79 Å². The molecule has 1 aliphatic rings. The molecular formula is C28H29NO5. The molecule has 0 unspecified atom stereocenters. The number of fused-ring (bicyclic) bond motifs is 1. The predicted molar refractivity (Wildman–Crippen MR) is 132 cm³/mol. The molecule has 4 rings (SSSR count). The van der Waals surface area contributed by atoms with Crippen molar-refractivity contribution in [3.05, 3.63) is 81.7 Å². The number of carbonyl (C=O) groups is 2. The SMILES string of the molecule is CC(C)c1ccc(/C=C/C(=O)Oc2ccc3cc(C(=O)NC4CCCCC4)c(=O)oc3c2)cc1. The molecule has 0 spiro atoms. The number of ether oxygens (including phenoxy) is 1. The van der Waals surface area contributed by atoms with Gasteiger partial charge in [-0.25, -0.2) is 9.59 Å². The van der Waals surface area contributed by atoms with Crippen molar-refractivity contribution in [1.29, 1.82) is 0 Å². The number of esters is 1. The van der Waals surface area contributed by atoms with Crippen molar-refractivity contribution < 1.29 is 18.7 Å². The number of hydrogen-bond acceptors (Lipinski definition) is 5. The van der Waals surface area contributed by atoms with Gasteiger partial charge in [0.25, 0.3) is 5.91 Å². The van der Waals surface area contributed by atoms with Crippen LogP contribution in [0.5, 0.6) is 5.75 Å². The predicted octanol–water partition coefficient (Wildman–Crippen LogP) is 5.60. The van der Waals surface area contributed by atoms with E-state index in [-0.39, 0.29) is 22.9 Å². The summed E-state index contributed by atoms with van der Waals surface area (Å²) in [5.74, 6) is -0.263. The topological polar surface area (TPSA) is 85.6 Å². The summed E-state index contributed by atoms with van der Waals surface area (Å²) < 4.78 is 10.7. The van der Waals surface area contributed by atoms with Gasteiger partial charge in [0.05, 0.1) is 0 Å². The van der Waals surface area contributed by atoms with Gasteiger partial charge in [-0.3, -0.25) is 4.79 Å². The Morgan fingerprint density at radius 2 is 1.76 bits per heavy atom. The molecule has 176 valence electrons. The van der Waals surface area contributed by atoms with Crippen LogP contribution in [0.25, 0.3) is 17.0 Å². The van der Waals surface area contributed by atoms with Crippen molar-refractivity contribution in [1.82, 2.24) is 5.32 Å². The van der Waals surface area contributed by atoms with E-state index in [1.165, 1.54) is 30.2 Å². The first-order valence-electron chi connectivity index (χ1n) is 11.8. The fourth-order valence-corrected chi connectivity index (χ4v) is 4.13. The molecular weight excluding hydrogens is 430 g/mol. The summed E-state index contributed by atoms with van der Waals surface area (Å²) in [6, 6.07) is 14.3. The number of benzene rings is 2. The van der Waals surface area contributed by atoms with Crippen molar-refractivity contribution in [3.63, 3.8) is 0 Å². The Bertz CT molecular complexity index is 1260. The van der Waals surface area contributed by atoms with E-state index in [1.54, 1.807) is 18.2 Å². The Morgan fingerprint density at radius 1 is 1.03 bits per heavy atom. The minimum absolute atomic E-state index is 0.0192. The van der Waals surface area contributed by atoms with Gasteiger partial charge in [-0.2, -0.15) is 0 Å². The number of nitrogens with one attached hydrogen (secondary N) is 1. The van der Waals surface area contributed by atoms with Gasteiger partial charge in [0, 0.05) is 23.6 Å². The van der Waals surface area contributed by atoms with Crippen molar-refractivity contribution in [3.8, 4) is 5.75 Å². The van der Waals surface area contributed by atoms with Gasteiger partial charge < -0.3 is 14.5 Å². The first-order valence-corrected chi connectivity index (χ1v) is 11.8. The van der Waals surface area contributed by atoms with Gasteiger partial charge in [0.1, 0.15) is 16.9 Å². The molecule has 6 nitrogen and oxygen atoms in total. The van der Waals surface area contributed by atoms with E-state index < -0.39 is 17.5 Å². The molecule has 0 aliphatic heterocycles. The zero-order valence-electron chi connectivity index (χ0n) is 19.5. The van der Waals surface area contributed by atoms with E-state index in [1.807, 2.05) is 24.3 Å². The Kier molecular flexibility index (Phi) is 7.26. The third kappa shape index (κ3) is 5.81. The molecule has 1 fully saturated rings. The molecule has 0 atom stereocenters. The molecule has 0 bridgehead atoms. The minimum atomic E-state index is -0.714. The van der Waals surface area contributed by atoms with Crippen LogP contribution in [0.4, 0.5) is 0 Å². The van der Waals surface area contributed by atoms with Crippen molar-refractivity contribution in [2.24, 2.45) is 0 Å². The van der Waals surface area contributed by atoms with Crippen LogP contribution in [0.2, 0.25) is 0 Å². The Hall–Kier alpha value is -3.67. The highest BCUT2D eigenvalue weighted by atomic mass is 16.5. The lowest BCUT2D eigenvalue weighted by Gasteiger charge is -2.22. The van der Waals surface area contributed by atoms with E-state index in [2.05, 4.69) is 19.2 Å². The normalized spacial score (nSPS) is 14.6. The molecule has 0 saturated heterocycles. The fraction of sp³-hybridized carbons (Fsp3) is 0.321.